The van der Waals surface area contributed by atoms with Crippen molar-refractivity contribution >= 4 is 29.1 Å². The maximum atomic E-state index is 13.4. The molecule has 2 N–H and O–H groups in total. The third kappa shape index (κ3) is 4.11. The monoisotopic (exact) mass is 451 g/mol. The molecule has 0 aromatic heterocycles. The van der Waals surface area contributed by atoms with Gasteiger partial charge in [0.1, 0.15) is 5.82 Å². The molecule has 8 heteroatoms. The first-order chi connectivity index (χ1) is 15.9. The van der Waals surface area contributed by atoms with Gasteiger partial charge in [-0.25, -0.2) is 4.39 Å². The zero-order chi connectivity index (χ0) is 23.0. The van der Waals surface area contributed by atoms with Crippen LogP contribution in [0.1, 0.15) is 36.0 Å². The Kier molecular flexibility index (Phi) is 5.62. The van der Waals surface area contributed by atoms with Gasteiger partial charge >= 0.3 is 11.8 Å². The summed E-state index contributed by atoms with van der Waals surface area (Å²) in [5.41, 5.74) is 4.10. The third-order valence-electron chi connectivity index (χ3n) is 7.01. The molecule has 0 saturated carbocycles. The smallest absolute Gasteiger partial charge is 0.313 e. The summed E-state index contributed by atoms with van der Waals surface area (Å²) in [6.07, 6.45) is 3.18. The lowest BCUT2D eigenvalue weighted by Gasteiger charge is -2.37. The summed E-state index contributed by atoms with van der Waals surface area (Å²) in [4.78, 5) is 39.2. The minimum absolute atomic E-state index is 0.139. The normalized spacial score (nSPS) is 18.6. The first-order valence-electron chi connectivity index (χ1n) is 11.3. The summed E-state index contributed by atoms with van der Waals surface area (Å²) >= 11 is 0. The van der Waals surface area contributed by atoms with E-state index in [4.69, 9.17) is 4.74 Å². The zero-order valence-electron chi connectivity index (χ0n) is 18.3. The molecule has 7 nitrogen and oxygen atoms in total. The van der Waals surface area contributed by atoms with Crippen LogP contribution in [0.4, 0.5) is 15.8 Å². The molecule has 172 valence electrons. The molecule has 3 amide bonds. The fraction of sp³-hybridized carbons (Fsp3) is 0.400. The number of nitrogens with zero attached hydrogens (tertiary/aromatic N) is 1. The van der Waals surface area contributed by atoms with Crippen molar-refractivity contribution in [2.24, 2.45) is 0 Å². The SMILES string of the molecule is O=C(NCC1(c2ccc(F)cc2)CCOCC1)C(=O)Nc1cc2c3c(c1)CCN3C(=O)CC2. The van der Waals surface area contributed by atoms with Crippen molar-refractivity contribution in [2.75, 3.05) is 36.5 Å². The average molecular weight is 451 g/mol. The maximum Gasteiger partial charge on any atom is 0.313 e. The summed E-state index contributed by atoms with van der Waals surface area (Å²) in [5, 5.41) is 5.49. The standard InChI is InChI=1S/C25H26FN3O4/c26-19-4-2-18(3-5-19)25(8-11-33-12-9-25)15-27-23(31)24(32)28-20-13-16-1-6-21(30)29-10-7-17(14-20)22(16)29/h2-5,13-14H,1,6-12,15H2,(H,27,31)(H,28,32). The number of hydrogen-bond donors (Lipinski definition) is 2. The number of ether oxygens (including phenoxy) is 1. The quantitative estimate of drug-likeness (QED) is 0.700. The number of halogens is 1. The number of aryl methyl sites for hydroxylation is 1. The molecule has 2 aromatic rings. The first kappa shape index (κ1) is 21.6. The van der Waals surface area contributed by atoms with E-state index in [9.17, 15) is 18.8 Å². The van der Waals surface area contributed by atoms with Crippen LogP contribution in [0.5, 0.6) is 0 Å². The topological polar surface area (TPSA) is 87.7 Å². The van der Waals surface area contributed by atoms with Crippen LogP contribution in [-0.2, 0) is 37.4 Å². The van der Waals surface area contributed by atoms with E-state index in [0.29, 0.717) is 51.1 Å². The van der Waals surface area contributed by atoms with E-state index in [1.807, 2.05) is 17.0 Å². The summed E-state index contributed by atoms with van der Waals surface area (Å²) in [6, 6.07) is 9.99. The average Bonchev–Trinajstić information content (AvgIpc) is 3.26. The van der Waals surface area contributed by atoms with Gasteiger partial charge in [0.2, 0.25) is 5.91 Å². The molecule has 3 heterocycles. The number of carbonyl (C=O) groups excluding carboxylic acids is 3. The molecule has 0 aliphatic carbocycles. The first-order valence-corrected chi connectivity index (χ1v) is 11.3. The highest BCUT2D eigenvalue weighted by Gasteiger charge is 2.36. The van der Waals surface area contributed by atoms with Gasteiger partial charge in [-0.05, 0) is 66.6 Å². The molecule has 0 bridgehead atoms. The summed E-state index contributed by atoms with van der Waals surface area (Å²) in [7, 11) is 0. The van der Waals surface area contributed by atoms with Crippen molar-refractivity contribution in [3.8, 4) is 0 Å². The van der Waals surface area contributed by atoms with Crippen LogP contribution in [0, 0.1) is 5.82 Å². The van der Waals surface area contributed by atoms with E-state index in [0.717, 1.165) is 28.8 Å². The highest BCUT2D eigenvalue weighted by Crippen LogP contribution is 2.39. The van der Waals surface area contributed by atoms with Crippen LogP contribution in [0.15, 0.2) is 36.4 Å². The second kappa shape index (κ2) is 8.59. The van der Waals surface area contributed by atoms with E-state index >= 15 is 0 Å². The van der Waals surface area contributed by atoms with Gasteiger partial charge in [-0.2, -0.15) is 0 Å². The lowest BCUT2D eigenvalue weighted by atomic mass is 9.74. The van der Waals surface area contributed by atoms with Gasteiger partial charge in [-0.3, -0.25) is 14.4 Å². The summed E-state index contributed by atoms with van der Waals surface area (Å²) in [5.74, 6) is -1.62. The molecule has 1 saturated heterocycles. The van der Waals surface area contributed by atoms with Crippen molar-refractivity contribution in [1.29, 1.82) is 0 Å². The predicted molar refractivity (Wildman–Crippen MR) is 121 cm³/mol. The van der Waals surface area contributed by atoms with Gasteiger partial charge in [0.15, 0.2) is 0 Å². The van der Waals surface area contributed by atoms with Crippen LogP contribution in [0.25, 0.3) is 0 Å². The molecular weight excluding hydrogens is 425 g/mol. The Balaban J connectivity index is 1.27. The molecule has 33 heavy (non-hydrogen) atoms. The predicted octanol–water partition coefficient (Wildman–Crippen LogP) is 2.46. The second-order valence-corrected chi connectivity index (χ2v) is 8.97. The molecule has 0 spiro atoms. The number of amides is 3. The minimum atomic E-state index is -0.731. The van der Waals surface area contributed by atoms with Crippen LogP contribution in [0.2, 0.25) is 0 Å². The highest BCUT2D eigenvalue weighted by atomic mass is 19.1. The molecule has 0 atom stereocenters. The highest BCUT2D eigenvalue weighted by molar-refractivity contribution is 6.39. The minimum Gasteiger partial charge on any atom is -0.381 e. The zero-order valence-corrected chi connectivity index (χ0v) is 18.3. The maximum absolute atomic E-state index is 13.4. The van der Waals surface area contributed by atoms with Crippen molar-refractivity contribution < 1.29 is 23.5 Å². The number of hydrogen-bond acceptors (Lipinski definition) is 4. The molecule has 0 radical (unpaired) electrons. The third-order valence-corrected chi connectivity index (χ3v) is 7.01. The number of anilines is 2. The Morgan fingerprint density at radius 1 is 1.00 bits per heavy atom. The lowest BCUT2D eigenvalue weighted by molar-refractivity contribution is -0.136. The molecule has 2 aromatic carbocycles. The van der Waals surface area contributed by atoms with E-state index < -0.39 is 17.2 Å². The van der Waals surface area contributed by atoms with E-state index in [1.54, 1.807) is 12.1 Å². The summed E-state index contributed by atoms with van der Waals surface area (Å²) in [6.45, 7) is 2.00. The Morgan fingerprint density at radius 2 is 1.70 bits per heavy atom. The van der Waals surface area contributed by atoms with Gasteiger partial charge < -0.3 is 20.3 Å². The van der Waals surface area contributed by atoms with Gasteiger partial charge in [0, 0.05) is 43.8 Å². The molecule has 5 rings (SSSR count). The molecule has 1 fully saturated rings. The van der Waals surface area contributed by atoms with Crippen molar-refractivity contribution in [3.63, 3.8) is 0 Å². The fourth-order valence-electron chi connectivity index (χ4n) is 5.18. The van der Waals surface area contributed by atoms with Crippen LogP contribution in [0.3, 0.4) is 0 Å². The van der Waals surface area contributed by atoms with Gasteiger partial charge in [0.05, 0.1) is 5.69 Å². The second-order valence-electron chi connectivity index (χ2n) is 8.97. The molecular formula is C25H26FN3O4. The van der Waals surface area contributed by atoms with Gasteiger partial charge in [-0.15, -0.1) is 0 Å². The fourth-order valence-corrected chi connectivity index (χ4v) is 5.18. The Morgan fingerprint density at radius 3 is 2.42 bits per heavy atom. The molecule has 3 aliphatic heterocycles. The summed E-state index contributed by atoms with van der Waals surface area (Å²) < 4.78 is 18.9. The van der Waals surface area contributed by atoms with Gasteiger partial charge in [0.25, 0.3) is 0 Å². The Labute approximate surface area is 191 Å². The Bertz CT molecular complexity index is 1110. The Hall–Kier alpha value is -3.26. The largest absolute Gasteiger partial charge is 0.381 e. The van der Waals surface area contributed by atoms with Crippen LogP contribution < -0.4 is 15.5 Å². The molecule has 3 aliphatic rings. The molecule has 0 unspecified atom stereocenters. The van der Waals surface area contributed by atoms with Crippen LogP contribution in [-0.4, -0.2) is 44.0 Å². The number of rotatable bonds is 4. The van der Waals surface area contributed by atoms with Crippen molar-refractivity contribution in [3.05, 3.63) is 58.9 Å². The van der Waals surface area contributed by atoms with E-state index in [2.05, 4.69) is 10.6 Å². The number of carbonyl (C=O) groups is 3. The van der Waals surface area contributed by atoms with E-state index in [1.165, 1.54) is 12.1 Å². The van der Waals surface area contributed by atoms with Gasteiger partial charge in [-0.1, -0.05) is 12.1 Å². The number of nitrogens with one attached hydrogen (secondary N) is 2. The van der Waals surface area contributed by atoms with Crippen molar-refractivity contribution in [1.82, 2.24) is 5.32 Å². The lowest BCUT2D eigenvalue weighted by Crippen LogP contribution is -2.47. The van der Waals surface area contributed by atoms with Crippen molar-refractivity contribution in [2.45, 2.75) is 37.5 Å². The van der Waals surface area contributed by atoms with E-state index in [-0.39, 0.29) is 18.3 Å². The number of benzene rings is 2. The van der Waals surface area contributed by atoms with Crippen LogP contribution >= 0.6 is 0 Å².